The number of aryl methyl sites for hydroxylation is 1. The second kappa shape index (κ2) is 5.32. The van der Waals surface area contributed by atoms with E-state index in [0.29, 0.717) is 5.56 Å². The molecule has 1 aromatic heterocycles. The smallest absolute Gasteiger partial charge is 0.0991 e. The van der Waals surface area contributed by atoms with Gasteiger partial charge in [0.25, 0.3) is 0 Å². The van der Waals surface area contributed by atoms with Gasteiger partial charge in [0, 0.05) is 9.75 Å². The molecule has 0 aliphatic heterocycles. The summed E-state index contributed by atoms with van der Waals surface area (Å²) < 4.78 is 0. The number of thiophene rings is 1. The van der Waals surface area contributed by atoms with Gasteiger partial charge in [-0.1, -0.05) is 42.0 Å². The lowest BCUT2D eigenvalue weighted by Crippen LogP contribution is -1.74. The third-order valence-electron chi connectivity index (χ3n) is 3.24. The Bertz CT molecular complexity index is 758. The van der Waals surface area contributed by atoms with E-state index < -0.39 is 0 Å². The van der Waals surface area contributed by atoms with Crippen molar-refractivity contribution in [1.29, 1.82) is 5.26 Å². The van der Waals surface area contributed by atoms with Gasteiger partial charge in [0.05, 0.1) is 11.6 Å². The molecule has 0 bridgehead atoms. The number of nitriles is 1. The molecule has 1 nitrogen and oxygen atoms in total. The lowest BCUT2D eigenvalue weighted by Gasteiger charge is -1.99. The maximum absolute atomic E-state index is 8.83. The van der Waals surface area contributed by atoms with E-state index in [0.717, 1.165) is 5.56 Å². The molecule has 0 saturated carbocycles. The molecule has 0 aliphatic carbocycles. The summed E-state index contributed by atoms with van der Waals surface area (Å²) in [6.07, 6.45) is 0. The molecule has 2 aromatic carbocycles. The van der Waals surface area contributed by atoms with E-state index in [9.17, 15) is 0 Å². The highest BCUT2D eigenvalue weighted by atomic mass is 32.1. The molecule has 0 radical (unpaired) electrons. The summed E-state index contributed by atoms with van der Waals surface area (Å²) in [5, 5.41) is 8.83. The third-order valence-corrected chi connectivity index (χ3v) is 4.42. The van der Waals surface area contributed by atoms with E-state index in [2.05, 4.69) is 49.4 Å². The molecule has 2 heteroatoms. The van der Waals surface area contributed by atoms with E-state index in [1.54, 1.807) is 11.3 Å². The molecular weight excluding hydrogens is 262 g/mol. The van der Waals surface area contributed by atoms with Gasteiger partial charge >= 0.3 is 0 Å². The van der Waals surface area contributed by atoms with Crippen LogP contribution in [0.15, 0.2) is 60.7 Å². The Morgan fingerprint density at radius 2 is 1.25 bits per heavy atom. The Morgan fingerprint density at radius 3 is 1.75 bits per heavy atom. The average molecular weight is 275 g/mol. The Hall–Kier alpha value is -2.37. The zero-order chi connectivity index (χ0) is 13.9. The lowest BCUT2D eigenvalue weighted by molar-refractivity contribution is 1.48. The molecule has 0 fully saturated rings. The second-order valence-corrected chi connectivity index (χ2v) is 5.80. The Kier molecular flexibility index (Phi) is 3.37. The minimum atomic E-state index is 0.698. The van der Waals surface area contributed by atoms with E-state index in [4.69, 9.17) is 5.26 Å². The first-order valence-corrected chi connectivity index (χ1v) is 7.25. The lowest BCUT2D eigenvalue weighted by atomic mass is 10.1. The average Bonchev–Trinajstić information content (AvgIpc) is 2.98. The molecule has 0 atom stereocenters. The molecule has 3 aromatic rings. The zero-order valence-corrected chi connectivity index (χ0v) is 11.9. The van der Waals surface area contributed by atoms with Crippen LogP contribution in [0.25, 0.3) is 20.9 Å². The van der Waals surface area contributed by atoms with Gasteiger partial charge in [0.2, 0.25) is 0 Å². The predicted octanol–water partition coefficient (Wildman–Crippen LogP) is 5.26. The summed E-state index contributed by atoms with van der Waals surface area (Å²) >= 11 is 1.78. The van der Waals surface area contributed by atoms with Crippen molar-refractivity contribution in [3.8, 4) is 27.0 Å². The minimum absolute atomic E-state index is 0.698. The van der Waals surface area contributed by atoms with Crippen LogP contribution in [0.5, 0.6) is 0 Å². The molecular formula is C18H13NS. The second-order valence-electron chi connectivity index (χ2n) is 4.72. The molecule has 0 amide bonds. The largest absolute Gasteiger partial charge is 0.192 e. The third kappa shape index (κ3) is 2.49. The van der Waals surface area contributed by atoms with Crippen LogP contribution < -0.4 is 0 Å². The zero-order valence-electron chi connectivity index (χ0n) is 11.1. The molecule has 20 heavy (non-hydrogen) atoms. The maximum Gasteiger partial charge on any atom is 0.0991 e. The SMILES string of the molecule is Cc1ccc(-c2ccc(-c3ccc(C#N)cc3)s2)cc1. The van der Waals surface area contributed by atoms with Crippen molar-refractivity contribution >= 4 is 11.3 Å². The molecule has 1 heterocycles. The van der Waals surface area contributed by atoms with Crippen LogP contribution in [0.2, 0.25) is 0 Å². The fourth-order valence-corrected chi connectivity index (χ4v) is 3.09. The molecule has 0 N–H and O–H groups in total. The van der Waals surface area contributed by atoms with Crippen molar-refractivity contribution in [2.45, 2.75) is 6.92 Å². The highest BCUT2D eigenvalue weighted by Crippen LogP contribution is 2.34. The summed E-state index contributed by atoms with van der Waals surface area (Å²) in [6.45, 7) is 2.10. The number of rotatable bonds is 2. The van der Waals surface area contributed by atoms with Crippen molar-refractivity contribution in [3.63, 3.8) is 0 Å². The van der Waals surface area contributed by atoms with Crippen molar-refractivity contribution in [2.24, 2.45) is 0 Å². The Labute approximate surface area is 122 Å². The van der Waals surface area contributed by atoms with Crippen molar-refractivity contribution in [3.05, 3.63) is 71.8 Å². The van der Waals surface area contributed by atoms with Gasteiger partial charge in [-0.15, -0.1) is 11.3 Å². The summed E-state index contributed by atoms with van der Waals surface area (Å²) in [5.74, 6) is 0. The van der Waals surface area contributed by atoms with Crippen LogP contribution >= 0.6 is 11.3 Å². The molecule has 0 saturated heterocycles. The number of hydrogen-bond donors (Lipinski definition) is 0. The highest BCUT2D eigenvalue weighted by Gasteiger charge is 2.05. The topological polar surface area (TPSA) is 23.8 Å². The van der Waals surface area contributed by atoms with Gasteiger partial charge < -0.3 is 0 Å². The van der Waals surface area contributed by atoms with E-state index >= 15 is 0 Å². The van der Waals surface area contributed by atoms with Crippen LogP contribution in [0, 0.1) is 18.3 Å². The minimum Gasteiger partial charge on any atom is -0.192 e. The van der Waals surface area contributed by atoms with Crippen LogP contribution in [0.4, 0.5) is 0 Å². The van der Waals surface area contributed by atoms with Gasteiger partial charge in [-0.2, -0.15) is 5.26 Å². The van der Waals surface area contributed by atoms with Gasteiger partial charge in [-0.05, 0) is 42.3 Å². The molecule has 0 spiro atoms. The number of hydrogen-bond acceptors (Lipinski definition) is 2. The van der Waals surface area contributed by atoms with E-state index in [1.165, 1.54) is 20.9 Å². The van der Waals surface area contributed by atoms with Gasteiger partial charge in [-0.25, -0.2) is 0 Å². The van der Waals surface area contributed by atoms with E-state index in [1.807, 2.05) is 24.3 Å². The van der Waals surface area contributed by atoms with Gasteiger partial charge in [0.1, 0.15) is 0 Å². The number of benzene rings is 2. The van der Waals surface area contributed by atoms with Crippen molar-refractivity contribution in [2.75, 3.05) is 0 Å². The summed E-state index contributed by atoms with van der Waals surface area (Å²) in [6, 6.07) is 22.8. The monoisotopic (exact) mass is 275 g/mol. The Morgan fingerprint density at radius 1 is 0.750 bits per heavy atom. The first kappa shape index (κ1) is 12.7. The highest BCUT2D eigenvalue weighted by molar-refractivity contribution is 7.18. The van der Waals surface area contributed by atoms with Gasteiger partial charge in [-0.3, -0.25) is 0 Å². The molecule has 0 aliphatic rings. The summed E-state index contributed by atoms with van der Waals surface area (Å²) in [7, 11) is 0. The fraction of sp³-hybridized carbons (Fsp3) is 0.0556. The van der Waals surface area contributed by atoms with Crippen LogP contribution in [0.1, 0.15) is 11.1 Å². The van der Waals surface area contributed by atoms with Crippen LogP contribution in [-0.4, -0.2) is 0 Å². The van der Waals surface area contributed by atoms with Crippen LogP contribution in [0.3, 0.4) is 0 Å². The first-order valence-electron chi connectivity index (χ1n) is 6.44. The predicted molar refractivity (Wildman–Crippen MR) is 84.6 cm³/mol. The maximum atomic E-state index is 8.83. The molecule has 96 valence electrons. The quantitative estimate of drug-likeness (QED) is 0.625. The summed E-state index contributed by atoms with van der Waals surface area (Å²) in [4.78, 5) is 2.49. The standard InChI is InChI=1S/C18H13NS/c1-13-2-6-15(7-3-13)17-10-11-18(20-17)16-8-4-14(12-19)5-9-16/h2-11H,1H3. The number of nitrogens with zero attached hydrogens (tertiary/aromatic N) is 1. The van der Waals surface area contributed by atoms with E-state index in [-0.39, 0.29) is 0 Å². The normalized spacial score (nSPS) is 10.2. The fourth-order valence-electron chi connectivity index (χ4n) is 2.08. The van der Waals surface area contributed by atoms with Gasteiger partial charge in [0.15, 0.2) is 0 Å². The van der Waals surface area contributed by atoms with Crippen LogP contribution in [-0.2, 0) is 0 Å². The van der Waals surface area contributed by atoms with Crippen molar-refractivity contribution in [1.82, 2.24) is 0 Å². The van der Waals surface area contributed by atoms with Crippen molar-refractivity contribution < 1.29 is 0 Å². The Balaban J connectivity index is 1.93. The summed E-state index contributed by atoms with van der Waals surface area (Å²) in [5.41, 5.74) is 4.38. The first-order chi connectivity index (χ1) is 9.76. The molecule has 0 unspecified atom stereocenters. The molecule has 3 rings (SSSR count).